The van der Waals surface area contributed by atoms with E-state index in [0.717, 1.165) is 55.3 Å². The normalized spacial score (nSPS) is 18.3. The molecule has 2 aliphatic heterocycles. The summed E-state index contributed by atoms with van der Waals surface area (Å²) in [6.45, 7) is 6.90. The zero-order valence-corrected chi connectivity index (χ0v) is 19.9. The molecule has 0 amide bonds. The van der Waals surface area contributed by atoms with Crippen LogP contribution in [-0.2, 0) is 27.2 Å². The predicted molar refractivity (Wildman–Crippen MR) is 124 cm³/mol. The van der Waals surface area contributed by atoms with Crippen molar-refractivity contribution in [1.82, 2.24) is 10.6 Å². The molecule has 1 aromatic rings. The Morgan fingerprint density at radius 1 is 1.33 bits per heavy atom. The lowest BCUT2D eigenvalue weighted by Crippen LogP contribution is -2.38. The van der Waals surface area contributed by atoms with Gasteiger partial charge in [-0.25, -0.2) is 4.39 Å². The van der Waals surface area contributed by atoms with Crippen molar-refractivity contribution in [3.05, 3.63) is 29.1 Å². The topological polar surface area (TPSA) is 73.3 Å². The Kier molecular flexibility index (Phi) is 11.7. The van der Waals surface area contributed by atoms with Gasteiger partial charge in [-0.3, -0.25) is 4.99 Å². The van der Waals surface area contributed by atoms with E-state index in [9.17, 15) is 4.39 Å². The minimum atomic E-state index is -0.267. The maximum Gasteiger partial charge on any atom is 0.191 e. The SMILES string of the molecule is CCNC(=NCCCOCC1CCCO1)NCCc1cc(F)cc2c1OCOC2.I. The molecule has 0 saturated carbocycles. The Bertz CT molecular complexity index is 672. The van der Waals surface area contributed by atoms with Gasteiger partial charge in [-0.05, 0) is 50.3 Å². The van der Waals surface area contributed by atoms with Crippen molar-refractivity contribution in [3.8, 4) is 5.75 Å². The Morgan fingerprint density at radius 2 is 2.23 bits per heavy atom. The summed E-state index contributed by atoms with van der Waals surface area (Å²) in [5, 5.41) is 6.53. The van der Waals surface area contributed by atoms with Crippen LogP contribution >= 0.6 is 24.0 Å². The molecule has 1 unspecified atom stereocenters. The van der Waals surface area contributed by atoms with Crippen LogP contribution in [-0.4, -0.2) is 58.3 Å². The number of hydrogen-bond acceptors (Lipinski definition) is 5. The number of halogens is 2. The van der Waals surface area contributed by atoms with E-state index >= 15 is 0 Å². The number of aliphatic imine (C=N–C) groups is 1. The second-order valence-electron chi connectivity index (χ2n) is 7.16. The van der Waals surface area contributed by atoms with Crippen molar-refractivity contribution >= 4 is 29.9 Å². The Labute approximate surface area is 195 Å². The molecule has 1 saturated heterocycles. The van der Waals surface area contributed by atoms with E-state index < -0.39 is 0 Å². The van der Waals surface area contributed by atoms with Crippen LogP contribution in [0.5, 0.6) is 5.75 Å². The van der Waals surface area contributed by atoms with Gasteiger partial charge in [-0.15, -0.1) is 24.0 Å². The van der Waals surface area contributed by atoms with Crippen LogP contribution in [0.1, 0.15) is 37.3 Å². The Balaban J connectivity index is 0.00000320. The molecule has 30 heavy (non-hydrogen) atoms. The third-order valence-corrected chi connectivity index (χ3v) is 4.83. The molecule has 1 aromatic carbocycles. The third-order valence-electron chi connectivity index (χ3n) is 4.83. The van der Waals surface area contributed by atoms with Crippen molar-refractivity contribution in [2.75, 3.05) is 46.2 Å². The summed E-state index contributed by atoms with van der Waals surface area (Å²) in [6.07, 6.45) is 3.98. The second kappa shape index (κ2) is 14.0. The summed E-state index contributed by atoms with van der Waals surface area (Å²) in [4.78, 5) is 4.58. The van der Waals surface area contributed by atoms with Crippen LogP contribution < -0.4 is 15.4 Å². The summed E-state index contributed by atoms with van der Waals surface area (Å²) in [6, 6.07) is 3.00. The molecular weight excluding hydrogens is 504 g/mol. The van der Waals surface area contributed by atoms with Crippen LogP contribution in [0.3, 0.4) is 0 Å². The van der Waals surface area contributed by atoms with Crippen LogP contribution in [0.15, 0.2) is 17.1 Å². The Morgan fingerprint density at radius 3 is 3.03 bits per heavy atom. The summed E-state index contributed by atoms with van der Waals surface area (Å²) >= 11 is 0. The molecule has 0 aromatic heterocycles. The maximum atomic E-state index is 13.8. The van der Waals surface area contributed by atoms with E-state index in [1.807, 2.05) is 6.92 Å². The average Bonchev–Trinajstić information content (AvgIpc) is 3.24. The highest BCUT2D eigenvalue weighted by atomic mass is 127. The molecule has 1 atom stereocenters. The molecule has 2 aliphatic rings. The zero-order chi connectivity index (χ0) is 20.3. The van der Waals surface area contributed by atoms with Gasteiger partial charge in [0.25, 0.3) is 0 Å². The molecule has 3 rings (SSSR count). The van der Waals surface area contributed by atoms with Gasteiger partial charge in [0.2, 0.25) is 0 Å². The summed E-state index contributed by atoms with van der Waals surface area (Å²) in [5.74, 6) is 1.22. The Hall–Kier alpha value is -1.17. The summed E-state index contributed by atoms with van der Waals surface area (Å²) in [5.41, 5.74) is 1.60. The van der Waals surface area contributed by atoms with E-state index in [1.165, 1.54) is 12.1 Å². The van der Waals surface area contributed by atoms with Crippen molar-refractivity contribution in [2.24, 2.45) is 4.99 Å². The van der Waals surface area contributed by atoms with Gasteiger partial charge >= 0.3 is 0 Å². The molecule has 2 heterocycles. The fourth-order valence-electron chi connectivity index (χ4n) is 3.45. The van der Waals surface area contributed by atoms with Crippen LogP contribution in [0.4, 0.5) is 4.39 Å². The monoisotopic (exact) mass is 537 g/mol. The first-order valence-corrected chi connectivity index (χ1v) is 10.5. The maximum absolute atomic E-state index is 13.8. The molecule has 0 aliphatic carbocycles. The number of rotatable bonds is 10. The van der Waals surface area contributed by atoms with Crippen molar-refractivity contribution in [3.63, 3.8) is 0 Å². The molecule has 7 nitrogen and oxygen atoms in total. The number of fused-ring (bicyclic) bond motifs is 1. The zero-order valence-electron chi connectivity index (χ0n) is 17.6. The van der Waals surface area contributed by atoms with Crippen LogP contribution in [0.2, 0.25) is 0 Å². The number of nitrogens with one attached hydrogen (secondary N) is 2. The molecule has 0 radical (unpaired) electrons. The molecule has 9 heteroatoms. The minimum Gasteiger partial charge on any atom is -0.467 e. The number of hydrogen-bond donors (Lipinski definition) is 2. The quantitative estimate of drug-likeness (QED) is 0.207. The summed E-state index contributed by atoms with van der Waals surface area (Å²) < 4.78 is 35.8. The van der Waals surface area contributed by atoms with Gasteiger partial charge in [0.05, 0.1) is 19.3 Å². The predicted octanol–water partition coefficient (Wildman–Crippen LogP) is 2.99. The number of guanidine groups is 1. The standard InChI is InChI=1S/C21H32FN3O4.HI/c1-2-23-21(24-7-4-9-26-14-19-5-3-10-28-19)25-8-6-16-11-18(22)12-17-13-27-15-29-20(16)17;/h11-12,19H,2-10,13-15H2,1H3,(H2,23,24,25);1H. The summed E-state index contributed by atoms with van der Waals surface area (Å²) in [7, 11) is 0. The number of ether oxygens (including phenoxy) is 4. The first-order valence-electron chi connectivity index (χ1n) is 10.5. The minimum absolute atomic E-state index is 0. The molecule has 0 bridgehead atoms. The van der Waals surface area contributed by atoms with Crippen molar-refractivity contribution < 1.29 is 23.3 Å². The first kappa shape index (κ1) is 25.1. The van der Waals surface area contributed by atoms with E-state index in [2.05, 4.69) is 15.6 Å². The molecule has 1 fully saturated rings. The highest BCUT2D eigenvalue weighted by Crippen LogP contribution is 2.29. The smallest absolute Gasteiger partial charge is 0.191 e. The highest BCUT2D eigenvalue weighted by Gasteiger charge is 2.17. The highest BCUT2D eigenvalue weighted by molar-refractivity contribution is 14.0. The number of benzene rings is 1. The number of nitrogens with zero attached hydrogens (tertiary/aromatic N) is 1. The van der Waals surface area contributed by atoms with E-state index in [4.69, 9.17) is 18.9 Å². The van der Waals surface area contributed by atoms with Gasteiger partial charge in [0.15, 0.2) is 12.8 Å². The van der Waals surface area contributed by atoms with Crippen LogP contribution in [0.25, 0.3) is 0 Å². The van der Waals surface area contributed by atoms with E-state index in [1.54, 1.807) is 0 Å². The van der Waals surface area contributed by atoms with Gasteiger partial charge in [0.1, 0.15) is 11.6 Å². The van der Waals surface area contributed by atoms with Gasteiger partial charge in [-0.2, -0.15) is 0 Å². The van der Waals surface area contributed by atoms with Crippen LogP contribution in [0, 0.1) is 5.82 Å². The lowest BCUT2D eigenvalue weighted by molar-refractivity contribution is -0.0172. The van der Waals surface area contributed by atoms with Gasteiger partial charge in [-0.1, -0.05) is 0 Å². The fraction of sp³-hybridized carbons (Fsp3) is 0.667. The largest absolute Gasteiger partial charge is 0.467 e. The average molecular weight is 537 g/mol. The van der Waals surface area contributed by atoms with Crippen molar-refractivity contribution in [2.45, 2.75) is 45.3 Å². The fourth-order valence-corrected chi connectivity index (χ4v) is 3.45. The molecule has 2 N–H and O–H groups in total. The second-order valence-corrected chi connectivity index (χ2v) is 7.16. The molecular formula is C21H33FIN3O4. The first-order chi connectivity index (χ1) is 14.3. The lowest BCUT2D eigenvalue weighted by Gasteiger charge is -2.21. The van der Waals surface area contributed by atoms with E-state index in [0.29, 0.717) is 39.3 Å². The van der Waals surface area contributed by atoms with E-state index in [-0.39, 0.29) is 42.7 Å². The van der Waals surface area contributed by atoms with Gasteiger partial charge in [0, 0.05) is 38.4 Å². The molecule has 170 valence electrons. The third kappa shape index (κ3) is 8.16. The molecule has 0 spiro atoms. The lowest BCUT2D eigenvalue weighted by atomic mass is 10.1. The van der Waals surface area contributed by atoms with Crippen molar-refractivity contribution in [1.29, 1.82) is 0 Å². The van der Waals surface area contributed by atoms with Gasteiger partial charge < -0.3 is 29.6 Å².